The fourth-order valence-corrected chi connectivity index (χ4v) is 2.76. The van der Waals surface area contributed by atoms with Gasteiger partial charge in [0.2, 0.25) is 6.41 Å². The fraction of sp³-hybridized carbons (Fsp3) is 0.182. The van der Waals surface area contributed by atoms with Gasteiger partial charge in [-0.05, 0) is 50.2 Å². The predicted octanol–water partition coefficient (Wildman–Crippen LogP) is 4.80. The third-order valence-corrected chi connectivity index (χ3v) is 4.31. The highest BCUT2D eigenvalue weighted by atomic mass is 16.1. The van der Waals surface area contributed by atoms with Crippen molar-refractivity contribution in [3.63, 3.8) is 0 Å². The summed E-state index contributed by atoms with van der Waals surface area (Å²) in [7, 11) is 3.87. The molecule has 3 aromatic rings. The van der Waals surface area contributed by atoms with Crippen LogP contribution in [0, 0.1) is 13.8 Å². The zero-order chi connectivity index (χ0) is 19.4. The molecule has 0 unspecified atom stereocenters. The van der Waals surface area contributed by atoms with Crippen LogP contribution >= 0.6 is 0 Å². The smallest absolute Gasteiger partial charge is 0.219 e. The number of rotatable bonds is 6. The number of hydrogen-bond donors (Lipinski definition) is 1. The van der Waals surface area contributed by atoms with Crippen molar-refractivity contribution < 1.29 is 4.79 Å². The number of nitrogens with one attached hydrogen (secondary N) is 1. The van der Waals surface area contributed by atoms with E-state index in [1.165, 1.54) is 5.56 Å². The molecule has 0 bridgehead atoms. The van der Waals surface area contributed by atoms with E-state index in [1.807, 2.05) is 86.6 Å². The minimum atomic E-state index is 0.580. The molecule has 27 heavy (non-hydrogen) atoms. The number of amides is 1. The molecule has 138 valence electrons. The van der Waals surface area contributed by atoms with E-state index in [1.54, 1.807) is 4.90 Å². The van der Waals surface area contributed by atoms with E-state index in [2.05, 4.69) is 12.2 Å². The first-order valence-electron chi connectivity index (χ1n) is 8.81. The van der Waals surface area contributed by atoms with Crippen LogP contribution < -0.4 is 15.1 Å². The Hall–Kier alpha value is -3.34. The van der Waals surface area contributed by atoms with Gasteiger partial charge < -0.3 is 10.2 Å². The first-order valence-corrected chi connectivity index (χ1v) is 8.81. The fourth-order valence-electron chi connectivity index (χ4n) is 2.76. The Bertz CT molecular complexity index is 918. The first-order chi connectivity index (χ1) is 13.0. The second-order valence-corrected chi connectivity index (χ2v) is 6.74. The average Bonchev–Trinajstić information content (AvgIpc) is 2.66. The van der Waals surface area contributed by atoms with Gasteiger partial charge in [0.1, 0.15) is 5.82 Å². The summed E-state index contributed by atoms with van der Waals surface area (Å²) in [5, 5.41) is 3.30. The van der Waals surface area contributed by atoms with Crippen LogP contribution in [-0.2, 0) is 4.79 Å². The van der Waals surface area contributed by atoms with Gasteiger partial charge in [-0.3, -0.25) is 9.69 Å². The van der Waals surface area contributed by atoms with Gasteiger partial charge in [0.25, 0.3) is 0 Å². The zero-order valence-electron chi connectivity index (χ0n) is 16.1. The van der Waals surface area contributed by atoms with Gasteiger partial charge >= 0.3 is 0 Å². The van der Waals surface area contributed by atoms with Gasteiger partial charge in [-0.1, -0.05) is 35.4 Å². The van der Waals surface area contributed by atoms with Crippen molar-refractivity contribution in [3.8, 4) is 0 Å². The summed E-state index contributed by atoms with van der Waals surface area (Å²) in [4.78, 5) is 20.2. The van der Waals surface area contributed by atoms with Crippen LogP contribution in [0.25, 0.3) is 0 Å². The van der Waals surface area contributed by atoms with E-state index >= 15 is 0 Å². The maximum absolute atomic E-state index is 11.9. The Kier molecular flexibility index (Phi) is 5.41. The van der Waals surface area contributed by atoms with Gasteiger partial charge in [-0.15, -0.1) is 0 Å². The molecule has 1 N–H and O–H groups in total. The lowest BCUT2D eigenvalue weighted by Crippen LogP contribution is -2.21. The topological polar surface area (TPSA) is 48.5 Å². The van der Waals surface area contributed by atoms with E-state index in [-0.39, 0.29) is 0 Å². The normalized spacial score (nSPS) is 10.4. The Balaban J connectivity index is 2.01. The highest BCUT2D eigenvalue weighted by molar-refractivity contribution is 5.90. The van der Waals surface area contributed by atoms with E-state index in [0.29, 0.717) is 11.6 Å². The maximum Gasteiger partial charge on any atom is 0.219 e. The average molecular weight is 360 g/mol. The molecular weight excluding hydrogens is 336 g/mol. The number of carbonyl (C=O) groups is 1. The molecule has 0 saturated heterocycles. The number of benzene rings is 2. The molecule has 0 aliphatic rings. The third kappa shape index (κ3) is 4.26. The Morgan fingerprint density at radius 3 is 2.00 bits per heavy atom. The van der Waals surface area contributed by atoms with Crippen LogP contribution in [0.3, 0.4) is 0 Å². The minimum absolute atomic E-state index is 0.580. The zero-order valence-corrected chi connectivity index (χ0v) is 16.1. The lowest BCUT2D eigenvalue weighted by atomic mass is 10.2. The Labute approximate surface area is 160 Å². The molecule has 1 amide bonds. The van der Waals surface area contributed by atoms with E-state index in [0.717, 1.165) is 29.0 Å². The van der Waals surface area contributed by atoms with E-state index in [4.69, 9.17) is 4.98 Å². The lowest BCUT2D eigenvalue weighted by molar-refractivity contribution is -0.106. The quantitative estimate of drug-likeness (QED) is 0.641. The van der Waals surface area contributed by atoms with Crippen molar-refractivity contribution in [2.24, 2.45) is 0 Å². The number of nitrogens with zero attached hydrogens (tertiary/aromatic N) is 3. The van der Waals surface area contributed by atoms with Crippen LogP contribution in [0.4, 0.5) is 28.7 Å². The van der Waals surface area contributed by atoms with Gasteiger partial charge in [0, 0.05) is 19.8 Å². The largest absolute Gasteiger partial charge is 0.375 e. The SMILES string of the molecule is Cc1ccc(Nc2ccc(N(C)C)c(N(C=O)c3ccc(C)cc3)n2)cc1. The van der Waals surface area contributed by atoms with Crippen LogP contribution in [-0.4, -0.2) is 25.5 Å². The third-order valence-electron chi connectivity index (χ3n) is 4.31. The van der Waals surface area contributed by atoms with Crippen molar-refractivity contribution in [3.05, 3.63) is 71.8 Å². The van der Waals surface area contributed by atoms with Crippen molar-refractivity contribution in [1.82, 2.24) is 4.98 Å². The van der Waals surface area contributed by atoms with Crippen molar-refractivity contribution in [2.45, 2.75) is 13.8 Å². The summed E-state index contributed by atoms with van der Waals surface area (Å²) in [5.41, 5.74) is 4.92. The van der Waals surface area contributed by atoms with Crippen LogP contribution in [0.1, 0.15) is 11.1 Å². The van der Waals surface area contributed by atoms with Gasteiger partial charge in [-0.2, -0.15) is 0 Å². The molecule has 5 nitrogen and oxygen atoms in total. The Morgan fingerprint density at radius 2 is 1.44 bits per heavy atom. The number of anilines is 5. The van der Waals surface area contributed by atoms with E-state index in [9.17, 15) is 4.79 Å². The molecule has 0 atom stereocenters. The Morgan fingerprint density at radius 1 is 0.852 bits per heavy atom. The molecule has 0 saturated carbocycles. The number of carbonyl (C=O) groups excluding carboxylic acids is 1. The minimum Gasteiger partial charge on any atom is -0.375 e. The standard InChI is InChI=1S/C22H24N4O/c1-16-5-9-18(10-6-16)23-21-14-13-20(25(3)4)22(24-21)26(15-27)19-11-7-17(2)8-12-19/h5-15H,1-4H3,(H,23,24). The van der Waals surface area contributed by atoms with Gasteiger partial charge in [0.05, 0.1) is 11.4 Å². The lowest BCUT2D eigenvalue weighted by Gasteiger charge is -2.24. The highest BCUT2D eigenvalue weighted by Gasteiger charge is 2.17. The molecule has 0 radical (unpaired) electrons. The molecule has 2 aromatic carbocycles. The molecule has 1 aromatic heterocycles. The number of aromatic nitrogens is 1. The summed E-state index contributed by atoms with van der Waals surface area (Å²) >= 11 is 0. The molecule has 5 heteroatoms. The van der Waals surface area contributed by atoms with Crippen LogP contribution in [0.5, 0.6) is 0 Å². The molecule has 3 rings (SSSR count). The number of aryl methyl sites for hydroxylation is 2. The van der Waals surface area contributed by atoms with Crippen molar-refractivity contribution in [2.75, 3.05) is 29.2 Å². The number of pyridine rings is 1. The summed E-state index contributed by atoms with van der Waals surface area (Å²) in [6.07, 6.45) is 0.801. The summed E-state index contributed by atoms with van der Waals surface area (Å²) in [6.45, 7) is 4.07. The van der Waals surface area contributed by atoms with Crippen LogP contribution in [0.15, 0.2) is 60.7 Å². The summed E-state index contributed by atoms with van der Waals surface area (Å²) in [5.74, 6) is 1.26. The molecule has 0 aliphatic carbocycles. The van der Waals surface area contributed by atoms with E-state index < -0.39 is 0 Å². The van der Waals surface area contributed by atoms with Crippen molar-refractivity contribution >= 4 is 35.1 Å². The predicted molar refractivity (Wildman–Crippen MR) is 112 cm³/mol. The van der Waals surface area contributed by atoms with Gasteiger partial charge in [0.15, 0.2) is 5.82 Å². The van der Waals surface area contributed by atoms with Gasteiger partial charge in [-0.25, -0.2) is 4.98 Å². The van der Waals surface area contributed by atoms with Crippen molar-refractivity contribution in [1.29, 1.82) is 0 Å². The second kappa shape index (κ2) is 7.91. The van der Waals surface area contributed by atoms with Crippen LogP contribution in [0.2, 0.25) is 0 Å². The molecule has 0 aliphatic heterocycles. The monoisotopic (exact) mass is 360 g/mol. The maximum atomic E-state index is 11.9. The molecular formula is C22H24N4O. The summed E-state index contributed by atoms with van der Waals surface area (Å²) in [6, 6.07) is 19.8. The summed E-state index contributed by atoms with van der Waals surface area (Å²) < 4.78 is 0. The second-order valence-electron chi connectivity index (χ2n) is 6.74. The number of hydrogen-bond acceptors (Lipinski definition) is 4. The molecule has 0 fully saturated rings. The first kappa shape index (κ1) is 18.5. The highest BCUT2D eigenvalue weighted by Crippen LogP contribution is 2.33. The molecule has 1 heterocycles. The molecule has 0 spiro atoms.